The summed E-state index contributed by atoms with van der Waals surface area (Å²) >= 11 is 0. The number of hydrogen-bond donors (Lipinski definition) is 0. The predicted molar refractivity (Wildman–Crippen MR) is 106 cm³/mol. The Balaban J connectivity index is 1.48. The fourth-order valence-corrected chi connectivity index (χ4v) is 3.66. The van der Waals surface area contributed by atoms with Crippen LogP contribution in [-0.2, 0) is 0 Å². The molecule has 140 valence electrons. The van der Waals surface area contributed by atoms with Gasteiger partial charge in [-0.1, -0.05) is 19.1 Å². The quantitative estimate of drug-likeness (QED) is 0.682. The molecule has 0 saturated carbocycles. The van der Waals surface area contributed by atoms with Crippen LogP contribution in [0.4, 0.5) is 0 Å². The first-order valence-electron chi connectivity index (χ1n) is 9.63. The van der Waals surface area contributed by atoms with Crippen LogP contribution < -0.4 is 9.47 Å². The second-order valence-corrected chi connectivity index (χ2v) is 7.26. The van der Waals surface area contributed by atoms with E-state index >= 15 is 0 Å². The van der Waals surface area contributed by atoms with Gasteiger partial charge >= 0.3 is 0 Å². The molecular formula is C22H30N2O2. The minimum absolute atomic E-state index is 0.648. The SMILES string of the molecule is COc1ccc(-c2ccc(OCCCN3CCC[C@H](C)C3)cc2)c(C)n1. The molecule has 1 aromatic carbocycles. The van der Waals surface area contributed by atoms with Crippen LogP contribution >= 0.6 is 0 Å². The number of ether oxygens (including phenoxy) is 2. The number of aromatic nitrogens is 1. The topological polar surface area (TPSA) is 34.6 Å². The van der Waals surface area contributed by atoms with Gasteiger partial charge in [0, 0.05) is 30.4 Å². The third kappa shape index (κ3) is 4.98. The second kappa shape index (κ2) is 9.04. The Kier molecular flexibility index (Phi) is 6.51. The number of rotatable bonds is 7. The molecule has 0 aliphatic carbocycles. The Morgan fingerprint density at radius 1 is 1.15 bits per heavy atom. The Bertz CT molecular complexity index is 700. The van der Waals surface area contributed by atoms with Crippen molar-refractivity contribution < 1.29 is 9.47 Å². The molecule has 4 heteroatoms. The van der Waals surface area contributed by atoms with E-state index in [1.165, 1.54) is 25.9 Å². The lowest BCUT2D eigenvalue weighted by Crippen LogP contribution is -2.35. The number of hydrogen-bond acceptors (Lipinski definition) is 4. The van der Waals surface area contributed by atoms with Crippen LogP contribution in [0.1, 0.15) is 31.9 Å². The third-order valence-corrected chi connectivity index (χ3v) is 5.06. The first-order valence-corrected chi connectivity index (χ1v) is 9.63. The first-order chi connectivity index (χ1) is 12.7. The van der Waals surface area contributed by atoms with E-state index < -0.39 is 0 Å². The lowest BCUT2D eigenvalue weighted by Gasteiger charge is -2.30. The molecule has 0 bridgehead atoms. The third-order valence-electron chi connectivity index (χ3n) is 5.06. The number of benzene rings is 1. The van der Waals surface area contributed by atoms with Gasteiger partial charge in [0.05, 0.1) is 13.7 Å². The van der Waals surface area contributed by atoms with Crippen molar-refractivity contribution in [2.45, 2.75) is 33.1 Å². The minimum Gasteiger partial charge on any atom is -0.494 e. The molecule has 3 rings (SSSR count). The number of nitrogens with zero attached hydrogens (tertiary/aromatic N) is 2. The fourth-order valence-electron chi connectivity index (χ4n) is 3.66. The van der Waals surface area contributed by atoms with Gasteiger partial charge in [0.2, 0.25) is 5.88 Å². The van der Waals surface area contributed by atoms with Crippen molar-refractivity contribution in [3.63, 3.8) is 0 Å². The molecular weight excluding hydrogens is 324 g/mol. The number of aryl methyl sites for hydroxylation is 1. The van der Waals surface area contributed by atoms with Gasteiger partial charge in [-0.25, -0.2) is 4.98 Å². The largest absolute Gasteiger partial charge is 0.494 e. The molecule has 1 atom stereocenters. The van der Waals surface area contributed by atoms with Gasteiger partial charge in [-0.15, -0.1) is 0 Å². The summed E-state index contributed by atoms with van der Waals surface area (Å²) in [7, 11) is 1.64. The summed E-state index contributed by atoms with van der Waals surface area (Å²) in [5, 5.41) is 0. The van der Waals surface area contributed by atoms with Gasteiger partial charge in [0.25, 0.3) is 0 Å². The lowest BCUT2D eigenvalue weighted by atomic mass is 10.0. The summed E-state index contributed by atoms with van der Waals surface area (Å²) in [6.45, 7) is 8.75. The summed E-state index contributed by atoms with van der Waals surface area (Å²) in [6, 6.07) is 12.2. The molecule has 0 amide bonds. The number of likely N-dealkylation sites (tertiary alicyclic amines) is 1. The molecule has 2 aromatic rings. The summed E-state index contributed by atoms with van der Waals surface area (Å²) < 4.78 is 11.1. The van der Waals surface area contributed by atoms with Crippen LogP contribution in [0.2, 0.25) is 0 Å². The van der Waals surface area contributed by atoms with E-state index in [1.807, 2.05) is 25.1 Å². The van der Waals surface area contributed by atoms with Gasteiger partial charge < -0.3 is 14.4 Å². The lowest BCUT2D eigenvalue weighted by molar-refractivity contribution is 0.170. The van der Waals surface area contributed by atoms with Crippen molar-refractivity contribution in [3.8, 4) is 22.8 Å². The Morgan fingerprint density at radius 3 is 2.65 bits per heavy atom. The summed E-state index contributed by atoms with van der Waals surface area (Å²) in [4.78, 5) is 7.01. The summed E-state index contributed by atoms with van der Waals surface area (Å²) in [6.07, 6.45) is 3.79. The number of pyridine rings is 1. The Labute approximate surface area is 157 Å². The Hall–Kier alpha value is -2.07. The van der Waals surface area contributed by atoms with E-state index in [0.29, 0.717) is 5.88 Å². The molecule has 1 aliphatic heterocycles. The van der Waals surface area contributed by atoms with E-state index in [1.54, 1.807) is 7.11 Å². The highest BCUT2D eigenvalue weighted by Gasteiger charge is 2.15. The van der Waals surface area contributed by atoms with Gasteiger partial charge in [-0.2, -0.15) is 0 Å². The molecule has 26 heavy (non-hydrogen) atoms. The van der Waals surface area contributed by atoms with Crippen LogP contribution in [0, 0.1) is 12.8 Å². The molecule has 0 N–H and O–H groups in total. The van der Waals surface area contributed by atoms with E-state index in [2.05, 4.69) is 35.0 Å². The van der Waals surface area contributed by atoms with Crippen LogP contribution in [0.5, 0.6) is 11.6 Å². The van der Waals surface area contributed by atoms with Crippen molar-refractivity contribution in [1.82, 2.24) is 9.88 Å². The fraction of sp³-hybridized carbons (Fsp3) is 0.500. The smallest absolute Gasteiger partial charge is 0.213 e. The molecule has 0 spiro atoms. The standard InChI is InChI=1S/C22H30N2O2/c1-17-6-4-13-24(16-17)14-5-15-26-20-9-7-19(8-10-20)21-11-12-22(25-3)23-18(21)2/h7-12,17H,4-6,13-16H2,1-3H3/t17-/m0/s1. The zero-order chi connectivity index (χ0) is 18.4. The summed E-state index contributed by atoms with van der Waals surface area (Å²) in [5.74, 6) is 2.42. The minimum atomic E-state index is 0.648. The van der Waals surface area contributed by atoms with E-state index in [-0.39, 0.29) is 0 Å². The molecule has 4 nitrogen and oxygen atoms in total. The van der Waals surface area contributed by atoms with E-state index in [0.717, 1.165) is 48.1 Å². The van der Waals surface area contributed by atoms with Crippen LogP contribution in [0.3, 0.4) is 0 Å². The average molecular weight is 354 g/mol. The zero-order valence-corrected chi connectivity index (χ0v) is 16.2. The highest BCUT2D eigenvalue weighted by molar-refractivity contribution is 5.66. The normalized spacial score (nSPS) is 17.9. The summed E-state index contributed by atoms with van der Waals surface area (Å²) in [5.41, 5.74) is 3.23. The maximum atomic E-state index is 5.92. The molecule has 1 saturated heterocycles. The molecule has 0 radical (unpaired) electrons. The van der Waals surface area contributed by atoms with Gasteiger partial charge in [0.1, 0.15) is 5.75 Å². The number of piperidine rings is 1. The Morgan fingerprint density at radius 2 is 1.96 bits per heavy atom. The average Bonchev–Trinajstić information content (AvgIpc) is 2.66. The van der Waals surface area contributed by atoms with Gasteiger partial charge in [0.15, 0.2) is 0 Å². The molecule has 1 fully saturated rings. The van der Waals surface area contributed by atoms with Crippen molar-refractivity contribution >= 4 is 0 Å². The second-order valence-electron chi connectivity index (χ2n) is 7.26. The molecule has 2 heterocycles. The highest BCUT2D eigenvalue weighted by Crippen LogP contribution is 2.26. The predicted octanol–water partition coefficient (Wildman–Crippen LogP) is 4.57. The van der Waals surface area contributed by atoms with E-state index in [4.69, 9.17) is 9.47 Å². The van der Waals surface area contributed by atoms with Crippen molar-refractivity contribution in [3.05, 3.63) is 42.1 Å². The first kappa shape index (κ1) is 18.7. The maximum absolute atomic E-state index is 5.92. The zero-order valence-electron chi connectivity index (χ0n) is 16.2. The molecule has 1 aliphatic rings. The van der Waals surface area contributed by atoms with Gasteiger partial charge in [-0.3, -0.25) is 0 Å². The van der Waals surface area contributed by atoms with Crippen molar-refractivity contribution in [1.29, 1.82) is 0 Å². The van der Waals surface area contributed by atoms with Crippen LogP contribution in [0.15, 0.2) is 36.4 Å². The molecule has 0 unspecified atom stereocenters. The van der Waals surface area contributed by atoms with Gasteiger partial charge in [-0.05, 0) is 62.4 Å². The van der Waals surface area contributed by atoms with Crippen molar-refractivity contribution in [2.75, 3.05) is 33.4 Å². The maximum Gasteiger partial charge on any atom is 0.213 e. The van der Waals surface area contributed by atoms with Crippen LogP contribution in [-0.4, -0.2) is 43.2 Å². The van der Waals surface area contributed by atoms with E-state index in [9.17, 15) is 0 Å². The van der Waals surface area contributed by atoms with Crippen molar-refractivity contribution in [2.24, 2.45) is 5.92 Å². The van der Waals surface area contributed by atoms with Crippen LogP contribution in [0.25, 0.3) is 11.1 Å². The number of methoxy groups -OCH3 is 1. The molecule has 1 aromatic heterocycles. The highest BCUT2D eigenvalue weighted by atomic mass is 16.5. The monoisotopic (exact) mass is 354 g/mol.